The molecule has 25 heavy (non-hydrogen) atoms. The summed E-state index contributed by atoms with van der Waals surface area (Å²) in [7, 11) is 0. The van der Waals surface area contributed by atoms with Crippen molar-refractivity contribution in [2.45, 2.75) is 11.8 Å². The van der Waals surface area contributed by atoms with E-state index in [-0.39, 0.29) is 5.91 Å². The molecular formula is C19H21NO4S. The van der Waals surface area contributed by atoms with Gasteiger partial charge in [-0.05, 0) is 42.8 Å². The Morgan fingerprint density at radius 3 is 2.84 bits per heavy atom. The van der Waals surface area contributed by atoms with Gasteiger partial charge < -0.3 is 19.5 Å². The fourth-order valence-corrected chi connectivity index (χ4v) is 3.13. The lowest BCUT2D eigenvalue weighted by Crippen LogP contribution is -2.29. The lowest BCUT2D eigenvalue weighted by molar-refractivity contribution is -0.118. The van der Waals surface area contributed by atoms with Gasteiger partial charge in [0.15, 0.2) is 11.5 Å². The highest BCUT2D eigenvalue weighted by atomic mass is 32.2. The molecule has 0 saturated heterocycles. The monoisotopic (exact) mass is 359 g/mol. The van der Waals surface area contributed by atoms with E-state index in [9.17, 15) is 4.79 Å². The maximum atomic E-state index is 11.9. The first kappa shape index (κ1) is 17.5. The Morgan fingerprint density at radius 1 is 1.16 bits per heavy atom. The van der Waals surface area contributed by atoms with E-state index >= 15 is 0 Å². The van der Waals surface area contributed by atoms with Gasteiger partial charge in [0.25, 0.3) is 0 Å². The van der Waals surface area contributed by atoms with E-state index in [1.165, 1.54) is 11.8 Å². The molecule has 3 rings (SSSR count). The normalized spacial score (nSPS) is 12.5. The smallest absolute Gasteiger partial charge is 0.230 e. The first-order valence-electron chi connectivity index (χ1n) is 8.19. The molecule has 0 saturated carbocycles. The number of thioether (sulfide) groups is 1. The molecule has 0 bridgehead atoms. The highest BCUT2D eigenvalue weighted by Crippen LogP contribution is 2.34. The molecule has 0 fully saturated rings. The highest BCUT2D eigenvalue weighted by molar-refractivity contribution is 8.00. The molecule has 0 aliphatic carbocycles. The SMILES string of the molecule is Cc1cccc(OCCNC(=O)CSc2ccc3c(c2)OCCO3)c1. The maximum absolute atomic E-state index is 11.9. The van der Waals surface area contributed by atoms with Crippen molar-refractivity contribution in [1.29, 1.82) is 0 Å². The minimum Gasteiger partial charge on any atom is -0.492 e. The molecule has 5 nitrogen and oxygen atoms in total. The molecule has 0 unspecified atom stereocenters. The number of hydrogen-bond donors (Lipinski definition) is 1. The molecular weight excluding hydrogens is 338 g/mol. The molecule has 6 heteroatoms. The van der Waals surface area contributed by atoms with Crippen molar-refractivity contribution in [3.8, 4) is 17.2 Å². The fourth-order valence-electron chi connectivity index (χ4n) is 2.38. The Hall–Kier alpha value is -2.34. The van der Waals surface area contributed by atoms with Crippen molar-refractivity contribution in [2.75, 3.05) is 32.1 Å². The maximum Gasteiger partial charge on any atom is 0.230 e. The third kappa shape index (κ3) is 5.32. The lowest BCUT2D eigenvalue weighted by Gasteiger charge is -2.18. The van der Waals surface area contributed by atoms with Crippen LogP contribution in [0.15, 0.2) is 47.4 Å². The van der Waals surface area contributed by atoms with Crippen LogP contribution in [0.4, 0.5) is 0 Å². The third-order valence-electron chi connectivity index (χ3n) is 3.57. The Bertz CT molecular complexity index is 735. The molecule has 1 aliphatic rings. The second-order valence-electron chi connectivity index (χ2n) is 5.61. The number of fused-ring (bicyclic) bond motifs is 1. The number of rotatable bonds is 7. The van der Waals surface area contributed by atoms with Gasteiger partial charge in [0.1, 0.15) is 25.6 Å². The number of hydrogen-bond acceptors (Lipinski definition) is 5. The van der Waals surface area contributed by atoms with Crippen LogP contribution in [0, 0.1) is 6.92 Å². The van der Waals surface area contributed by atoms with E-state index in [0.717, 1.165) is 27.7 Å². The van der Waals surface area contributed by atoms with Gasteiger partial charge in [0.2, 0.25) is 5.91 Å². The summed E-state index contributed by atoms with van der Waals surface area (Å²) >= 11 is 1.47. The number of ether oxygens (including phenoxy) is 3. The standard InChI is InChI=1S/C19H21NO4S/c1-14-3-2-4-15(11-14)22-8-7-20-19(21)13-25-16-5-6-17-18(12-16)24-10-9-23-17/h2-6,11-12H,7-10,13H2,1H3,(H,20,21). The Balaban J connectivity index is 1.37. The summed E-state index contributed by atoms with van der Waals surface area (Å²) in [6.45, 7) is 4.08. The minimum absolute atomic E-state index is 0.0206. The predicted octanol–water partition coefficient (Wildman–Crippen LogP) is 3.05. The molecule has 1 amide bonds. The van der Waals surface area contributed by atoms with Crippen LogP contribution < -0.4 is 19.5 Å². The zero-order valence-corrected chi connectivity index (χ0v) is 14.9. The second-order valence-corrected chi connectivity index (χ2v) is 6.66. The van der Waals surface area contributed by atoms with Crippen molar-refractivity contribution < 1.29 is 19.0 Å². The topological polar surface area (TPSA) is 56.8 Å². The van der Waals surface area contributed by atoms with E-state index in [1.807, 2.05) is 49.4 Å². The first-order chi connectivity index (χ1) is 12.2. The summed E-state index contributed by atoms with van der Waals surface area (Å²) in [4.78, 5) is 12.9. The summed E-state index contributed by atoms with van der Waals surface area (Å²) < 4.78 is 16.6. The highest BCUT2D eigenvalue weighted by Gasteiger charge is 2.12. The van der Waals surface area contributed by atoms with Crippen LogP contribution in [0.5, 0.6) is 17.2 Å². The predicted molar refractivity (Wildman–Crippen MR) is 97.8 cm³/mol. The van der Waals surface area contributed by atoms with Crippen LogP contribution >= 0.6 is 11.8 Å². The summed E-state index contributed by atoms with van der Waals surface area (Å²) in [5.41, 5.74) is 1.15. The van der Waals surface area contributed by atoms with Gasteiger partial charge >= 0.3 is 0 Å². The van der Waals surface area contributed by atoms with Crippen LogP contribution in [0.3, 0.4) is 0 Å². The van der Waals surface area contributed by atoms with E-state index in [4.69, 9.17) is 14.2 Å². The number of carbonyl (C=O) groups is 1. The van der Waals surface area contributed by atoms with Crippen LogP contribution in [-0.2, 0) is 4.79 Å². The van der Waals surface area contributed by atoms with Gasteiger partial charge in [-0.3, -0.25) is 4.79 Å². The number of nitrogens with one attached hydrogen (secondary N) is 1. The average molecular weight is 359 g/mol. The Kier molecular flexibility index (Phi) is 6.06. The zero-order valence-electron chi connectivity index (χ0n) is 14.1. The lowest BCUT2D eigenvalue weighted by atomic mass is 10.2. The second kappa shape index (κ2) is 8.67. The van der Waals surface area contributed by atoms with Crippen molar-refractivity contribution >= 4 is 17.7 Å². The molecule has 132 valence electrons. The molecule has 0 radical (unpaired) electrons. The van der Waals surface area contributed by atoms with Gasteiger partial charge in [-0.15, -0.1) is 11.8 Å². The molecule has 1 N–H and O–H groups in total. The summed E-state index contributed by atoms with van der Waals surface area (Å²) in [5, 5.41) is 2.86. The molecule has 0 aromatic heterocycles. The van der Waals surface area contributed by atoms with Crippen LogP contribution in [-0.4, -0.2) is 38.0 Å². The molecule has 0 atom stereocenters. The van der Waals surface area contributed by atoms with Gasteiger partial charge in [-0.2, -0.15) is 0 Å². The van der Waals surface area contributed by atoms with Crippen LogP contribution in [0.1, 0.15) is 5.56 Å². The number of amides is 1. The van der Waals surface area contributed by atoms with Gasteiger partial charge in [0.05, 0.1) is 12.3 Å². The van der Waals surface area contributed by atoms with Crippen molar-refractivity contribution in [2.24, 2.45) is 0 Å². The number of carbonyl (C=O) groups excluding carboxylic acids is 1. The largest absolute Gasteiger partial charge is 0.492 e. The Labute approximate surface area is 151 Å². The number of aryl methyl sites for hydroxylation is 1. The number of benzene rings is 2. The zero-order chi connectivity index (χ0) is 17.5. The molecule has 1 heterocycles. The first-order valence-corrected chi connectivity index (χ1v) is 9.18. The minimum atomic E-state index is -0.0206. The van der Waals surface area contributed by atoms with E-state index in [0.29, 0.717) is 32.1 Å². The quantitative estimate of drug-likeness (QED) is 0.608. The van der Waals surface area contributed by atoms with Crippen molar-refractivity contribution in [3.63, 3.8) is 0 Å². The average Bonchev–Trinajstić information content (AvgIpc) is 2.63. The summed E-state index contributed by atoms with van der Waals surface area (Å²) in [5.74, 6) is 2.65. The summed E-state index contributed by atoms with van der Waals surface area (Å²) in [6.07, 6.45) is 0. The van der Waals surface area contributed by atoms with Crippen molar-refractivity contribution in [3.05, 3.63) is 48.0 Å². The molecule has 2 aromatic carbocycles. The molecule has 2 aromatic rings. The van der Waals surface area contributed by atoms with E-state index in [1.54, 1.807) is 0 Å². The van der Waals surface area contributed by atoms with E-state index in [2.05, 4.69) is 5.32 Å². The van der Waals surface area contributed by atoms with Gasteiger partial charge in [0, 0.05) is 4.90 Å². The Morgan fingerprint density at radius 2 is 2.00 bits per heavy atom. The third-order valence-corrected chi connectivity index (χ3v) is 4.56. The van der Waals surface area contributed by atoms with E-state index < -0.39 is 0 Å². The summed E-state index contributed by atoms with van der Waals surface area (Å²) in [6, 6.07) is 13.6. The molecule has 0 spiro atoms. The van der Waals surface area contributed by atoms with Crippen molar-refractivity contribution in [1.82, 2.24) is 5.32 Å². The van der Waals surface area contributed by atoms with Gasteiger partial charge in [-0.25, -0.2) is 0 Å². The van der Waals surface area contributed by atoms with Crippen LogP contribution in [0.2, 0.25) is 0 Å². The van der Waals surface area contributed by atoms with Gasteiger partial charge in [-0.1, -0.05) is 12.1 Å². The fraction of sp³-hybridized carbons (Fsp3) is 0.316. The van der Waals surface area contributed by atoms with Crippen LogP contribution in [0.25, 0.3) is 0 Å². The molecule has 1 aliphatic heterocycles.